The Labute approximate surface area is 132 Å². The van der Waals surface area contributed by atoms with Gasteiger partial charge in [-0.2, -0.15) is 5.06 Å². The molecule has 0 saturated carbocycles. The molecule has 0 radical (unpaired) electrons. The zero-order chi connectivity index (χ0) is 15.5. The van der Waals surface area contributed by atoms with E-state index in [1.165, 1.54) is 11.3 Å². The molecule has 1 aromatic carbocycles. The minimum atomic E-state index is -0.541. The third-order valence-electron chi connectivity index (χ3n) is 3.60. The van der Waals surface area contributed by atoms with Crippen molar-refractivity contribution in [3.63, 3.8) is 0 Å². The molecular weight excluding hydrogens is 302 g/mol. The monoisotopic (exact) mass is 319 g/mol. The van der Waals surface area contributed by atoms with Crippen LogP contribution in [0.25, 0.3) is 0 Å². The highest BCUT2D eigenvalue weighted by molar-refractivity contribution is 7.09. The largest absolute Gasteiger partial charge is 0.395 e. The fourth-order valence-electron chi connectivity index (χ4n) is 2.45. The Balaban J connectivity index is 1.72. The number of hydrogen-bond acceptors (Lipinski definition) is 6. The van der Waals surface area contributed by atoms with Crippen LogP contribution in [-0.4, -0.2) is 33.7 Å². The number of carbonyl (C=O) groups excluding carboxylic acids is 1. The van der Waals surface area contributed by atoms with Crippen LogP contribution in [0.1, 0.15) is 33.6 Å². The van der Waals surface area contributed by atoms with E-state index in [-0.39, 0.29) is 24.4 Å². The van der Waals surface area contributed by atoms with Crippen molar-refractivity contribution in [2.24, 2.45) is 5.73 Å². The number of benzene rings is 1. The average Bonchev–Trinajstić information content (AvgIpc) is 3.14. The van der Waals surface area contributed by atoms with Crippen LogP contribution in [0.2, 0.25) is 0 Å². The zero-order valence-corrected chi connectivity index (χ0v) is 12.7. The lowest BCUT2D eigenvalue weighted by atomic mass is 10.1. The number of amides is 1. The summed E-state index contributed by atoms with van der Waals surface area (Å²) >= 11 is 1.35. The van der Waals surface area contributed by atoms with E-state index in [0.29, 0.717) is 18.0 Å². The molecule has 2 atom stereocenters. The highest BCUT2D eigenvalue weighted by Crippen LogP contribution is 2.35. The lowest BCUT2D eigenvalue weighted by Crippen LogP contribution is -2.30. The van der Waals surface area contributed by atoms with E-state index in [9.17, 15) is 9.90 Å². The SMILES string of the molecule is NC(=O)c1csc([C@@H]2C[C@H](CO)N(Cc3ccccc3)O2)n1. The molecule has 1 amide bonds. The van der Waals surface area contributed by atoms with Gasteiger partial charge in [0.15, 0.2) is 0 Å². The maximum absolute atomic E-state index is 11.1. The molecule has 1 aliphatic heterocycles. The number of rotatable bonds is 5. The first-order valence-corrected chi connectivity index (χ1v) is 7.88. The van der Waals surface area contributed by atoms with Gasteiger partial charge in [-0.15, -0.1) is 11.3 Å². The predicted molar refractivity (Wildman–Crippen MR) is 81.9 cm³/mol. The van der Waals surface area contributed by atoms with Gasteiger partial charge in [0.05, 0.1) is 12.6 Å². The zero-order valence-electron chi connectivity index (χ0n) is 11.9. The summed E-state index contributed by atoms with van der Waals surface area (Å²) in [5.74, 6) is -0.541. The van der Waals surface area contributed by atoms with Crippen LogP contribution in [0, 0.1) is 0 Å². The second-order valence-electron chi connectivity index (χ2n) is 5.16. The number of primary amides is 1. The topological polar surface area (TPSA) is 88.7 Å². The van der Waals surface area contributed by atoms with E-state index in [1.807, 2.05) is 30.3 Å². The van der Waals surface area contributed by atoms with Crippen LogP contribution >= 0.6 is 11.3 Å². The van der Waals surface area contributed by atoms with Crippen LogP contribution < -0.4 is 5.73 Å². The second-order valence-corrected chi connectivity index (χ2v) is 6.05. The summed E-state index contributed by atoms with van der Waals surface area (Å²) in [6.45, 7) is 0.605. The van der Waals surface area contributed by atoms with E-state index in [2.05, 4.69) is 4.98 Å². The first-order chi connectivity index (χ1) is 10.7. The van der Waals surface area contributed by atoms with Gasteiger partial charge in [0.2, 0.25) is 0 Å². The van der Waals surface area contributed by atoms with Gasteiger partial charge in [-0.1, -0.05) is 30.3 Å². The van der Waals surface area contributed by atoms with Crippen molar-refractivity contribution in [2.75, 3.05) is 6.61 Å². The summed E-state index contributed by atoms with van der Waals surface area (Å²) in [6.07, 6.45) is 0.383. The van der Waals surface area contributed by atoms with E-state index in [1.54, 1.807) is 10.4 Å². The first-order valence-electron chi connectivity index (χ1n) is 7.01. The number of carbonyl (C=O) groups is 1. The number of thiazole rings is 1. The van der Waals surface area contributed by atoms with Crippen molar-refractivity contribution in [1.29, 1.82) is 0 Å². The molecule has 0 unspecified atom stereocenters. The van der Waals surface area contributed by atoms with Gasteiger partial charge in [0.25, 0.3) is 5.91 Å². The number of aromatic nitrogens is 1. The maximum Gasteiger partial charge on any atom is 0.268 e. The van der Waals surface area contributed by atoms with Crippen LogP contribution in [0.5, 0.6) is 0 Å². The summed E-state index contributed by atoms with van der Waals surface area (Å²) in [7, 11) is 0. The fraction of sp³-hybridized carbons (Fsp3) is 0.333. The number of hydroxylamine groups is 2. The van der Waals surface area contributed by atoms with Crippen LogP contribution in [0.15, 0.2) is 35.7 Å². The quantitative estimate of drug-likeness (QED) is 0.871. The molecular formula is C15H17N3O3S. The molecule has 0 aliphatic carbocycles. The Kier molecular flexibility index (Phi) is 4.49. The summed E-state index contributed by atoms with van der Waals surface area (Å²) < 4.78 is 0. The van der Waals surface area contributed by atoms with Crippen molar-refractivity contribution in [2.45, 2.75) is 25.1 Å². The Hall–Kier alpha value is -1.80. The molecule has 0 bridgehead atoms. The molecule has 7 heteroatoms. The van der Waals surface area contributed by atoms with Gasteiger partial charge in [0, 0.05) is 18.3 Å². The molecule has 2 aromatic rings. The maximum atomic E-state index is 11.1. The normalized spacial score (nSPS) is 22.0. The van der Waals surface area contributed by atoms with Gasteiger partial charge < -0.3 is 10.8 Å². The summed E-state index contributed by atoms with van der Waals surface area (Å²) in [6, 6.07) is 9.83. The fourth-order valence-corrected chi connectivity index (χ4v) is 3.29. The molecule has 1 fully saturated rings. The van der Waals surface area contributed by atoms with Gasteiger partial charge in [0.1, 0.15) is 16.8 Å². The molecule has 22 heavy (non-hydrogen) atoms. The van der Waals surface area contributed by atoms with E-state index in [0.717, 1.165) is 5.56 Å². The lowest BCUT2D eigenvalue weighted by molar-refractivity contribution is -0.176. The number of nitrogens with two attached hydrogens (primary N) is 1. The smallest absolute Gasteiger partial charge is 0.268 e. The van der Waals surface area contributed by atoms with Gasteiger partial charge >= 0.3 is 0 Å². The molecule has 1 aliphatic rings. The van der Waals surface area contributed by atoms with E-state index >= 15 is 0 Å². The molecule has 1 aromatic heterocycles. The number of aliphatic hydroxyl groups is 1. The molecule has 1 saturated heterocycles. The van der Waals surface area contributed by atoms with Crippen LogP contribution in [-0.2, 0) is 11.4 Å². The van der Waals surface area contributed by atoms with Crippen molar-refractivity contribution < 1.29 is 14.7 Å². The highest BCUT2D eigenvalue weighted by Gasteiger charge is 2.35. The van der Waals surface area contributed by atoms with E-state index in [4.69, 9.17) is 10.6 Å². The predicted octanol–water partition coefficient (Wildman–Crippen LogP) is 1.48. The standard InChI is InChI=1S/C15H17N3O3S/c16-14(20)12-9-22-15(17-12)13-6-11(8-19)18(21-13)7-10-4-2-1-3-5-10/h1-5,9,11,13,19H,6-8H2,(H2,16,20)/t11-,13+/m1/s1. The van der Waals surface area contributed by atoms with Gasteiger partial charge in [-0.25, -0.2) is 4.98 Å². The minimum absolute atomic E-state index is 0.0113. The number of nitrogens with zero attached hydrogens (tertiary/aromatic N) is 2. The second kappa shape index (κ2) is 6.53. The molecule has 116 valence electrons. The number of aliphatic hydroxyl groups excluding tert-OH is 1. The highest BCUT2D eigenvalue weighted by atomic mass is 32.1. The van der Waals surface area contributed by atoms with Gasteiger partial charge in [-0.05, 0) is 5.56 Å². The minimum Gasteiger partial charge on any atom is -0.395 e. The Bertz CT molecular complexity index is 646. The lowest BCUT2D eigenvalue weighted by Gasteiger charge is -2.20. The Morgan fingerprint density at radius 1 is 1.45 bits per heavy atom. The van der Waals surface area contributed by atoms with Crippen LogP contribution in [0.3, 0.4) is 0 Å². The first kappa shape index (κ1) is 15.1. The number of hydrogen-bond donors (Lipinski definition) is 2. The Morgan fingerprint density at radius 2 is 2.23 bits per heavy atom. The summed E-state index contributed by atoms with van der Waals surface area (Å²) in [4.78, 5) is 21.3. The van der Waals surface area contributed by atoms with Crippen LogP contribution in [0.4, 0.5) is 0 Å². The molecule has 3 N–H and O–H groups in total. The van der Waals surface area contributed by atoms with E-state index < -0.39 is 5.91 Å². The Morgan fingerprint density at radius 3 is 2.86 bits per heavy atom. The van der Waals surface area contributed by atoms with Crippen molar-refractivity contribution in [3.05, 3.63) is 52.0 Å². The third-order valence-corrected chi connectivity index (χ3v) is 4.53. The molecule has 2 heterocycles. The molecule has 3 rings (SSSR count). The van der Waals surface area contributed by atoms with Gasteiger partial charge in [-0.3, -0.25) is 9.63 Å². The summed E-state index contributed by atoms with van der Waals surface area (Å²) in [5, 5.41) is 13.7. The molecule has 0 spiro atoms. The average molecular weight is 319 g/mol. The third kappa shape index (κ3) is 3.17. The van der Waals surface area contributed by atoms with Crippen molar-refractivity contribution in [3.8, 4) is 0 Å². The van der Waals surface area contributed by atoms with Crippen molar-refractivity contribution in [1.82, 2.24) is 10.0 Å². The van der Waals surface area contributed by atoms with Crippen molar-refractivity contribution >= 4 is 17.2 Å². The molecule has 6 nitrogen and oxygen atoms in total. The summed E-state index contributed by atoms with van der Waals surface area (Å²) in [5.41, 5.74) is 6.59.